The lowest BCUT2D eigenvalue weighted by molar-refractivity contribution is -0.125. The molecule has 2 rings (SSSR count). The van der Waals surface area contributed by atoms with E-state index < -0.39 is 24.4 Å². The third-order valence-corrected chi connectivity index (χ3v) is 4.39. The van der Waals surface area contributed by atoms with Gasteiger partial charge in [0, 0.05) is 19.5 Å². The molecular weight excluding hydrogens is 299 g/mol. The Balaban J connectivity index is 2.03. The Bertz CT molecular complexity index is 500. The smallest absolute Gasteiger partial charge is 0.220 e. The maximum atomic E-state index is 14.3. The molecule has 23 heavy (non-hydrogen) atoms. The van der Waals surface area contributed by atoms with Gasteiger partial charge in [-0.3, -0.25) is 9.69 Å². The second-order valence-electron chi connectivity index (χ2n) is 5.94. The summed E-state index contributed by atoms with van der Waals surface area (Å²) in [7, 11) is 0. The number of carbonyl (C=O) groups excluding carboxylic acids is 1. The molecule has 0 aliphatic carbocycles. The van der Waals surface area contributed by atoms with E-state index in [0.29, 0.717) is 6.54 Å². The molecule has 0 unspecified atom stereocenters. The number of hydrogen-bond acceptors (Lipinski definition) is 4. The molecule has 0 aromatic heterocycles. The molecule has 3 N–H and O–H groups in total. The number of nitrogens with one attached hydrogen (secondary N) is 1. The lowest BCUT2D eigenvalue weighted by Crippen LogP contribution is -2.65. The molecule has 5 nitrogen and oxygen atoms in total. The predicted molar refractivity (Wildman–Crippen MR) is 85.7 cm³/mol. The van der Waals surface area contributed by atoms with Crippen LogP contribution in [0.4, 0.5) is 4.39 Å². The van der Waals surface area contributed by atoms with Crippen LogP contribution in [0.1, 0.15) is 18.9 Å². The maximum absolute atomic E-state index is 14.3. The molecule has 6 heteroatoms. The number of aliphatic hydroxyl groups is 2. The van der Waals surface area contributed by atoms with Crippen LogP contribution >= 0.6 is 0 Å². The summed E-state index contributed by atoms with van der Waals surface area (Å²) >= 11 is 0. The summed E-state index contributed by atoms with van der Waals surface area (Å²) in [5.41, 5.74) is 1.13. The Morgan fingerprint density at radius 3 is 2.70 bits per heavy atom. The summed E-state index contributed by atoms with van der Waals surface area (Å²) < 4.78 is 14.3. The van der Waals surface area contributed by atoms with Crippen LogP contribution in [0.3, 0.4) is 0 Å². The lowest BCUT2D eigenvalue weighted by Gasteiger charge is -2.44. The minimum atomic E-state index is -1.57. The first-order chi connectivity index (χ1) is 11.1. The van der Waals surface area contributed by atoms with Gasteiger partial charge in [-0.25, -0.2) is 4.39 Å². The van der Waals surface area contributed by atoms with Gasteiger partial charge in [0.05, 0.1) is 18.7 Å². The van der Waals surface area contributed by atoms with Gasteiger partial charge in [0.1, 0.15) is 12.3 Å². The molecule has 1 amide bonds. The third kappa shape index (κ3) is 4.50. The highest BCUT2D eigenvalue weighted by atomic mass is 19.1. The van der Waals surface area contributed by atoms with Gasteiger partial charge >= 0.3 is 0 Å². The number of likely N-dealkylation sites (tertiary alicyclic amines) is 1. The minimum Gasteiger partial charge on any atom is -0.395 e. The second-order valence-corrected chi connectivity index (χ2v) is 5.94. The van der Waals surface area contributed by atoms with Crippen LogP contribution in [-0.4, -0.2) is 65.1 Å². The Labute approximate surface area is 136 Å². The summed E-state index contributed by atoms with van der Waals surface area (Å²) in [6.07, 6.45) is -1.88. The maximum Gasteiger partial charge on any atom is 0.220 e. The topological polar surface area (TPSA) is 72.8 Å². The molecule has 1 heterocycles. The van der Waals surface area contributed by atoms with Crippen molar-refractivity contribution in [3.63, 3.8) is 0 Å². The Morgan fingerprint density at radius 2 is 2.09 bits per heavy atom. The van der Waals surface area contributed by atoms with Crippen LogP contribution in [0, 0.1) is 0 Å². The van der Waals surface area contributed by atoms with E-state index in [0.717, 1.165) is 12.0 Å². The van der Waals surface area contributed by atoms with Gasteiger partial charge in [0.25, 0.3) is 0 Å². The van der Waals surface area contributed by atoms with E-state index in [9.17, 15) is 19.4 Å². The molecule has 4 atom stereocenters. The Morgan fingerprint density at radius 1 is 1.39 bits per heavy atom. The fourth-order valence-electron chi connectivity index (χ4n) is 2.99. The van der Waals surface area contributed by atoms with Gasteiger partial charge in [-0.05, 0) is 12.0 Å². The number of carbonyl (C=O) groups is 1. The summed E-state index contributed by atoms with van der Waals surface area (Å²) in [5, 5.41) is 22.3. The second kappa shape index (κ2) is 8.38. The van der Waals surface area contributed by atoms with Crippen molar-refractivity contribution < 1.29 is 19.4 Å². The molecule has 0 spiro atoms. The first kappa shape index (κ1) is 17.8. The van der Waals surface area contributed by atoms with Crippen molar-refractivity contribution in [2.24, 2.45) is 0 Å². The number of amides is 1. The highest BCUT2D eigenvalue weighted by molar-refractivity contribution is 5.76. The van der Waals surface area contributed by atoms with E-state index in [2.05, 4.69) is 5.32 Å². The molecule has 1 saturated heterocycles. The quantitative estimate of drug-likeness (QED) is 0.712. The number of benzene rings is 1. The number of piperidine rings is 1. The molecule has 0 saturated carbocycles. The van der Waals surface area contributed by atoms with E-state index in [4.69, 9.17) is 0 Å². The number of rotatable bonds is 6. The van der Waals surface area contributed by atoms with Crippen molar-refractivity contribution in [3.05, 3.63) is 35.9 Å². The number of halogens is 1. The summed E-state index contributed by atoms with van der Waals surface area (Å²) in [4.78, 5) is 13.4. The van der Waals surface area contributed by atoms with Gasteiger partial charge in [-0.15, -0.1) is 0 Å². The summed E-state index contributed by atoms with van der Waals surface area (Å²) in [6, 6.07) is 8.44. The van der Waals surface area contributed by atoms with Gasteiger partial charge < -0.3 is 15.5 Å². The minimum absolute atomic E-state index is 0.240. The first-order valence-electron chi connectivity index (χ1n) is 8.07. The number of alkyl halides is 1. The SMILES string of the molecule is CCC(=O)N[C@H]1CN(CCc2ccccc2)[C@H](CO)[C@@H](O)[C@@H]1F. The number of hydrogen-bond donors (Lipinski definition) is 3. The molecule has 128 valence electrons. The van der Waals surface area contributed by atoms with E-state index in [1.54, 1.807) is 6.92 Å². The van der Waals surface area contributed by atoms with E-state index in [1.807, 2.05) is 35.2 Å². The van der Waals surface area contributed by atoms with Crippen LogP contribution < -0.4 is 5.32 Å². The largest absolute Gasteiger partial charge is 0.395 e. The number of aliphatic hydroxyl groups excluding tert-OH is 2. The molecule has 0 radical (unpaired) electrons. The first-order valence-corrected chi connectivity index (χ1v) is 8.07. The molecule has 1 fully saturated rings. The van der Waals surface area contributed by atoms with Gasteiger partial charge in [0.15, 0.2) is 0 Å². The van der Waals surface area contributed by atoms with Crippen molar-refractivity contribution in [3.8, 4) is 0 Å². The van der Waals surface area contributed by atoms with Crippen molar-refractivity contribution >= 4 is 5.91 Å². The van der Waals surface area contributed by atoms with Crippen molar-refractivity contribution in [2.75, 3.05) is 19.7 Å². The Kier molecular flexibility index (Phi) is 6.50. The zero-order valence-corrected chi connectivity index (χ0v) is 13.4. The summed E-state index contributed by atoms with van der Waals surface area (Å²) in [6.45, 7) is 2.25. The van der Waals surface area contributed by atoms with E-state index in [-0.39, 0.29) is 25.5 Å². The van der Waals surface area contributed by atoms with Gasteiger partial charge in [0.2, 0.25) is 5.91 Å². The van der Waals surface area contributed by atoms with E-state index in [1.165, 1.54) is 0 Å². The normalized spacial score (nSPS) is 28.5. The van der Waals surface area contributed by atoms with Gasteiger partial charge in [-0.2, -0.15) is 0 Å². The highest BCUT2D eigenvalue weighted by Gasteiger charge is 2.43. The van der Waals surface area contributed by atoms with E-state index >= 15 is 0 Å². The zero-order valence-electron chi connectivity index (χ0n) is 13.4. The molecule has 1 aliphatic heterocycles. The van der Waals surface area contributed by atoms with Crippen LogP contribution in [0.25, 0.3) is 0 Å². The van der Waals surface area contributed by atoms with Crippen molar-refractivity contribution in [2.45, 2.75) is 44.1 Å². The fourth-order valence-corrected chi connectivity index (χ4v) is 2.99. The van der Waals surface area contributed by atoms with Crippen LogP contribution in [0.2, 0.25) is 0 Å². The molecule has 0 bridgehead atoms. The van der Waals surface area contributed by atoms with Gasteiger partial charge in [-0.1, -0.05) is 37.3 Å². The van der Waals surface area contributed by atoms with Crippen LogP contribution in [0.15, 0.2) is 30.3 Å². The van der Waals surface area contributed by atoms with Crippen molar-refractivity contribution in [1.29, 1.82) is 0 Å². The lowest BCUT2D eigenvalue weighted by atomic mass is 9.93. The molecular formula is C17H25FN2O3. The average Bonchev–Trinajstić information content (AvgIpc) is 2.58. The zero-order chi connectivity index (χ0) is 16.8. The van der Waals surface area contributed by atoms with Crippen LogP contribution in [-0.2, 0) is 11.2 Å². The third-order valence-electron chi connectivity index (χ3n) is 4.39. The fraction of sp³-hybridized carbons (Fsp3) is 0.588. The summed E-state index contributed by atoms with van der Waals surface area (Å²) in [5.74, 6) is -0.240. The Hall–Kier alpha value is -1.50. The van der Waals surface area contributed by atoms with Crippen molar-refractivity contribution in [1.82, 2.24) is 10.2 Å². The molecule has 1 aromatic rings. The van der Waals surface area contributed by atoms with Crippen LogP contribution in [0.5, 0.6) is 0 Å². The molecule has 1 aliphatic rings. The monoisotopic (exact) mass is 324 g/mol. The highest BCUT2D eigenvalue weighted by Crippen LogP contribution is 2.22. The molecule has 1 aromatic carbocycles. The average molecular weight is 324 g/mol. The predicted octanol–water partition coefficient (Wildman–Crippen LogP) is 0.499. The number of nitrogens with zero attached hydrogens (tertiary/aromatic N) is 1. The standard InChI is InChI=1S/C17H25FN2O3/c1-2-15(22)19-13-10-20(14(11-21)17(23)16(13)18)9-8-12-6-4-3-5-7-12/h3-7,13-14,16-17,21,23H,2,8-11H2,1H3,(H,19,22)/t13-,14+,16+,17+/m0/s1.